The molecule has 1 aliphatic carbocycles. The lowest BCUT2D eigenvalue weighted by atomic mass is 10.0. The van der Waals surface area contributed by atoms with Gasteiger partial charge in [-0.2, -0.15) is 0 Å². The number of rotatable bonds is 3. The summed E-state index contributed by atoms with van der Waals surface area (Å²) in [6, 6.07) is 0. The van der Waals surface area contributed by atoms with E-state index in [4.69, 9.17) is 11.2 Å². The van der Waals surface area contributed by atoms with Gasteiger partial charge in [-0.25, -0.2) is 0 Å². The minimum Gasteiger partial charge on any atom is -0.481 e. The van der Waals surface area contributed by atoms with Crippen molar-refractivity contribution in [3.05, 3.63) is 24.0 Å². The van der Waals surface area contributed by atoms with Gasteiger partial charge in [0, 0.05) is 0 Å². The topological polar surface area (TPSA) is 9.23 Å². The first-order valence-corrected chi connectivity index (χ1v) is 4.35. The molecular weight excluding hydrogens is 167 g/mol. The van der Waals surface area contributed by atoms with Crippen LogP contribution in [0.2, 0.25) is 0 Å². The summed E-state index contributed by atoms with van der Waals surface area (Å²) in [6.45, 7) is -0.000274. The van der Waals surface area contributed by atoms with Crippen LogP contribution in [0.3, 0.4) is 0 Å². The fourth-order valence-corrected chi connectivity index (χ4v) is 1.18. The van der Waals surface area contributed by atoms with Gasteiger partial charge in [0.2, 0.25) is 0 Å². The standard InChI is InChI=1S/C11H13FO/c1-2-8-13-11-5-3-4-10(9-12)6-7-11/h1,3,5,7,10H,4,6,8-9H2/t10-/m0/s1. The van der Waals surface area contributed by atoms with Gasteiger partial charge in [0.1, 0.15) is 12.4 Å². The lowest BCUT2D eigenvalue weighted by Gasteiger charge is -2.04. The summed E-state index contributed by atoms with van der Waals surface area (Å²) < 4.78 is 17.5. The maximum absolute atomic E-state index is 12.3. The Labute approximate surface area is 78.3 Å². The van der Waals surface area contributed by atoms with Crippen molar-refractivity contribution >= 4 is 0 Å². The first-order valence-electron chi connectivity index (χ1n) is 4.35. The molecule has 1 atom stereocenters. The van der Waals surface area contributed by atoms with E-state index in [2.05, 4.69) is 5.92 Å². The van der Waals surface area contributed by atoms with E-state index >= 15 is 0 Å². The summed E-state index contributed by atoms with van der Waals surface area (Å²) in [7, 11) is 0. The first-order chi connectivity index (χ1) is 6.36. The minimum atomic E-state index is -0.275. The molecule has 0 N–H and O–H groups in total. The van der Waals surface area contributed by atoms with E-state index in [1.807, 2.05) is 18.2 Å². The molecule has 1 rings (SSSR count). The highest BCUT2D eigenvalue weighted by molar-refractivity contribution is 5.15. The van der Waals surface area contributed by atoms with Gasteiger partial charge in [0.25, 0.3) is 0 Å². The van der Waals surface area contributed by atoms with Crippen LogP contribution in [0.15, 0.2) is 24.0 Å². The molecule has 70 valence electrons. The van der Waals surface area contributed by atoms with Crippen molar-refractivity contribution in [2.75, 3.05) is 13.3 Å². The highest BCUT2D eigenvalue weighted by atomic mass is 19.1. The van der Waals surface area contributed by atoms with E-state index in [9.17, 15) is 4.39 Å². The molecule has 1 nitrogen and oxygen atoms in total. The van der Waals surface area contributed by atoms with Gasteiger partial charge in [0.15, 0.2) is 0 Å². The van der Waals surface area contributed by atoms with Crippen LogP contribution in [0.4, 0.5) is 4.39 Å². The lowest BCUT2D eigenvalue weighted by molar-refractivity contribution is 0.265. The third kappa shape index (κ3) is 3.33. The number of hydrogen-bond acceptors (Lipinski definition) is 1. The predicted molar refractivity (Wildman–Crippen MR) is 50.7 cm³/mol. The number of terminal acetylenes is 1. The van der Waals surface area contributed by atoms with E-state index in [0.29, 0.717) is 0 Å². The predicted octanol–water partition coefficient (Wildman–Crippen LogP) is 2.46. The quantitative estimate of drug-likeness (QED) is 0.606. The van der Waals surface area contributed by atoms with Crippen molar-refractivity contribution in [3.63, 3.8) is 0 Å². The number of hydrogen-bond donors (Lipinski definition) is 0. The van der Waals surface area contributed by atoms with Gasteiger partial charge >= 0.3 is 0 Å². The van der Waals surface area contributed by atoms with Crippen molar-refractivity contribution < 1.29 is 9.13 Å². The molecule has 13 heavy (non-hydrogen) atoms. The Morgan fingerprint density at radius 2 is 2.46 bits per heavy atom. The molecule has 0 aliphatic heterocycles. The second-order valence-corrected chi connectivity index (χ2v) is 2.99. The Kier molecular flexibility index (Phi) is 4.11. The van der Waals surface area contributed by atoms with Crippen LogP contribution in [0.25, 0.3) is 0 Å². The Morgan fingerprint density at radius 3 is 3.15 bits per heavy atom. The second kappa shape index (κ2) is 5.42. The van der Waals surface area contributed by atoms with Crippen LogP contribution < -0.4 is 0 Å². The minimum absolute atomic E-state index is 0.100. The van der Waals surface area contributed by atoms with Crippen LogP contribution in [-0.2, 0) is 4.74 Å². The lowest BCUT2D eigenvalue weighted by Crippen LogP contribution is -1.98. The maximum atomic E-state index is 12.3. The highest BCUT2D eigenvalue weighted by Gasteiger charge is 2.08. The zero-order valence-electron chi connectivity index (χ0n) is 7.50. The molecule has 0 amide bonds. The SMILES string of the molecule is C#CCOC1=CC[C@@H](CF)CC=C1. The molecule has 0 radical (unpaired) electrons. The smallest absolute Gasteiger partial charge is 0.148 e. The number of alkyl halides is 1. The summed E-state index contributed by atoms with van der Waals surface area (Å²) in [5.74, 6) is 3.25. The summed E-state index contributed by atoms with van der Waals surface area (Å²) in [4.78, 5) is 0. The molecule has 0 saturated carbocycles. The van der Waals surface area contributed by atoms with Crippen molar-refractivity contribution in [3.8, 4) is 12.3 Å². The zero-order valence-corrected chi connectivity index (χ0v) is 7.50. The van der Waals surface area contributed by atoms with Gasteiger partial charge in [0.05, 0.1) is 6.67 Å². The number of allylic oxidation sites excluding steroid dienone is 3. The average molecular weight is 180 g/mol. The summed E-state index contributed by atoms with van der Waals surface area (Å²) in [5.41, 5.74) is 0. The van der Waals surface area contributed by atoms with Crippen LogP contribution >= 0.6 is 0 Å². The van der Waals surface area contributed by atoms with E-state index < -0.39 is 0 Å². The number of ether oxygens (including phenoxy) is 1. The van der Waals surface area contributed by atoms with Crippen molar-refractivity contribution in [1.82, 2.24) is 0 Å². The Balaban J connectivity index is 2.47. The van der Waals surface area contributed by atoms with E-state index in [1.54, 1.807) is 0 Å². The molecule has 0 heterocycles. The summed E-state index contributed by atoms with van der Waals surface area (Å²) in [5, 5.41) is 0. The zero-order chi connectivity index (χ0) is 9.52. The van der Waals surface area contributed by atoms with Crippen molar-refractivity contribution in [1.29, 1.82) is 0 Å². The van der Waals surface area contributed by atoms with Gasteiger partial charge in [-0.3, -0.25) is 4.39 Å². The van der Waals surface area contributed by atoms with Crippen LogP contribution in [0, 0.1) is 18.3 Å². The summed E-state index contributed by atoms with van der Waals surface area (Å²) in [6.07, 6.45) is 12.2. The van der Waals surface area contributed by atoms with Gasteiger partial charge < -0.3 is 4.74 Å². The Morgan fingerprint density at radius 1 is 1.62 bits per heavy atom. The van der Waals surface area contributed by atoms with Gasteiger partial charge in [-0.05, 0) is 30.9 Å². The third-order valence-electron chi connectivity index (χ3n) is 1.94. The largest absolute Gasteiger partial charge is 0.481 e. The molecule has 0 aromatic heterocycles. The fourth-order valence-electron chi connectivity index (χ4n) is 1.18. The molecule has 2 heteroatoms. The average Bonchev–Trinajstić information content (AvgIpc) is 2.39. The molecule has 1 aliphatic rings. The van der Waals surface area contributed by atoms with Crippen LogP contribution in [0.1, 0.15) is 12.8 Å². The van der Waals surface area contributed by atoms with Crippen molar-refractivity contribution in [2.24, 2.45) is 5.92 Å². The fraction of sp³-hybridized carbons (Fsp3) is 0.455. The molecule has 0 unspecified atom stereocenters. The Hall–Kier alpha value is -1.23. The molecule has 0 spiro atoms. The molecule has 0 saturated heterocycles. The number of halogens is 1. The summed E-state index contributed by atoms with van der Waals surface area (Å²) >= 11 is 0. The van der Waals surface area contributed by atoms with E-state index in [1.165, 1.54) is 0 Å². The monoisotopic (exact) mass is 180 g/mol. The molecule has 0 aromatic carbocycles. The molecular formula is C11H13FO. The van der Waals surface area contributed by atoms with Crippen molar-refractivity contribution in [2.45, 2.75) is 12.8 Å². The second-order valence-electron chi connectivity index (χ2n) is 2.99. The third-order valence-corrected chi connectivity index (χ3v) is 1.94. The maximum Gasteiger partial charge on any atom is 0.148 e. The van der Waals surface area contributed by atoms with E-state index in [-0.39, 0.29) is 19.2 Å². The van der Waals surface area contributed by atoms with Crippen LogP contribution in [0.5, 0.6) is 0 Å². The van der Waals surface area contributed by atoms with E-state index in [0.717, 1.165) is 18.6 Å². The van der Waals surface area contributed by atoms with Gasteiger partial charge in [-0.15, -0.1) is 6.42 Å². The highest BCUT2D eigenvalue weighted by Crippen LogP contribution is 2.17. The molecule has 0 fully saturated rings. The van der Waals surface area contributed by atoms with Gasteiger partial charge in [-0.1, -0.05) is 12.0 Å². The molecule has 0 aromatic rings. The Bertz CT molecular complexity index is 247. The normalized spacial score (nSPS) is 21.5. The first kappa shape index (κ1) is 9.85. The van der Waals surface area contributed by atoms with Crippen LogP contribution in [-0.4, -0.2) is 13.3 Å². The molecule has 0 bridgehead atoms.